The van der Waals surface area contributed by atoms with Gasteiger partial charge in [0.25, 0.3) is 0 Å². The van der Waals surface area contributed by atoms with Crippen molar-refractivity contribution < 1.29 is 9.53 Å². The van der Waals surface area contributed by atoms with Crippen molar-refractivity contribution >= 4 is 23.4 Å². The molecule has 0 aliphatic heterocycles. The van der Waals surface area contributed by atoms with Crippen LogP contribution in [0.1, 0.15) is 26.3 Å². The van der Waals surface area contributed by atoms with Crippen LogP contribution in [0.25, 0.3) is 11.4 Å². The van der Waals surface area contributed by atoms with E-state index in [2.05, 4.69) is 33.9 Å². The molecular formula is C23H28N4O2S. The summed E-state index contributed by atoms with van der Waals surface area (Å²) in [5, 5.41) is 12.2. The van der Waals surface area contributed by atoms with E-state index in [1.54, 1.807) is 7.11 Å². The largest absolute Gasteiger partial charge is 0.497 e. The van der Waals surface area contributed by atoms with Gasteiger partial charge in [-0.2, -0.15) is 0 Å². The second-order valence-electron chi connectivity index (χ2n) is 7.66. The van der Waals surface area contributed by atoms with E-state index in [0.717, 1.165) is 40.1 Å². The quantitative estimate of drug-likeness (QED) is 0.513. The molecule has 1 amide bonds. The molecule has 0 saturated heterocycles. The Kier molecular flexibility index (Phi) is 7.15. The number of carbonyl (C=O) groups is 1. The van der Waals surface area contributed by atoms with E-state index in [1.807, 2.05) is 62.4 Å². The van der Waals surface area contributed by atoms with Crippen LogP contribution in [0, 0.1) is 12.8 Å². The number of nitrogens with zero attached hydrogens (tertiary/aromatic N) is 3. The number of hydrogen-bond donors (Lipinski definition) is 1. The number of ether oxygens (including phenoxy) is 1. The Bertz CT molecular complexity index is 999. The minimum absolute atomic E-state index is 0.0595. The van der Waals surface area contributed by atoms with Gasteiger partial charge in [-0.3, -0.25) is 4.79 Å². The number of nitrogens with one attached hydrogen (secondary N) is 1. The van der Waals surface area contributed by atoms with Crippen LogP contribution in [0.2, 0.25) is 0 Å². The number of anilines is 1. The standard InChI is InChI=1S/C23H28N4O2S/c1-15(2)14-27-21(18-9-11-20(29-5)12-10-18)25-26-23(27)30-17(4)22(28)24-19-8-6-7-16(3)13-19/h6-13,15,17H,14H2,1-5H3,(H,24,28)/t17-/m0/s1. The molecule has 0 aliphatic rings. The van der Waals surface area contributed by atoms with Gasteiger partial charge in [-0.25, -0.2) is 0 Å². The molecular weight excluding hydrogens is 396 g/mol. The van der Waals surface area contributed by atoms with Crippen LogP contribution in [0.3, 0.4) is 0 Å². The molecule has 30 heavy (non-hydrogen) atoms. The molecule has 7 heteroatoms. The number of thioether (sulfide) groups is 1. The molecule has 1 atom stereocenters. The first-order valence-electron chi connectivity index (χ1n) is 9.99. The lowest BCUT2D eigenvalue weighted by Gasteiger charge is -2.15. The van der Waals surface area contributed by atoms with Crippen LogP contribution < -0.4 is 10.1 Å². The molecule has 1 aromatic heterocycles. The fraction of sp³-hybridized carbons (Fsp3) is 0.348. The molecule has 0 saturated carbocycles. The van der Waals surface area contributed by atoms with Crippen molar-refractivity contribution in [3.8, 4) is 17.1 Å². The smallest absolute Gasteiger partial charge is 0.237 e. The normalized spacial score (nSPS) is 12.1. The Labute approximate surface area is 182 Å². The highest BCUT2D eigenvalue weighted by Crippen LogP contribution is 2.29. The highest BCUT2D eigenvalue weighted by molar-refractivity contribution is 8.00. The fourth-order valence-corrected chi connectivity index (χ4v) is 3.90. The predicted octanol–water partition coefficient (Wildman–Crippen LogP) is 5.04. The molecule has 0 aliphatic carbocycles. The predicted molar refractivity (Wildman–Crippen MR) is 122 cm³/mol. The van der Waals surface area contributed by atoms with E-state index in [0.29, 0.717) is 5.92 Å². The van der Waals surface area contributed by atoms with Gasteiger partial charge >= 0.3 is 0 Å². The average Bonchev–Trinajstić information content (AvgIpc) is 3.09. The van der Waals surface area contributed by atoms with Gasteiger partial charge in [-0.05, 0) is 61.7 Å². The van der Waals surface area contributed by atoms with E-state index in [-0.39, 0.29) is 11.2 Å². The SMILES string of the molecule is COc1ccc(-c2nnc(S[C@@H](C)C(=O)Nc3cccc(C)c3)n2CC(C)C)cc1. The topological polar surface area (TPSA) is 69.0 Å². The van der Waals surface area contributed by atoms with Gasteiger partial charge in [0, 0.05) is 17.8 Å². The number of amides is 1. The maximum atomic E-state index is 12.7. The van der Waals surface area contributed by atoms with Crippen LogP contribution in [0.4, 0.5) is 5.69 Å². The lowest BCUT2D eigenvalue weighted by molar-refractivity contribution is -0.115. The minimum Gasteiger partial charge on any atom is -0.497 e. The summed E-state index contributed by atoms with van der Waals surface area (Å²) < 4.78 is 7.34. The summed E-state index contributed by atoms with van der Waals surface area (Å²) in [5.74, 6) is 1.94. The first-order valence-corrected chi connectivity index (χ1v) is 10.9. The maximum Gasteiger partial charge on any atom is 0.237 e. The Balaban J connectivity index is 1.80. The summed E-state index contributed by atoms with van der Waals surface area (Å²) in [6.07, 6.45) is 0. The third-order valence-electron chi connectivity index (χ3n) is 4.55. The highest BCUT2D eigenvalue weighted by Gasteiger charge is 2.21. The van der Waals surface area contributed by atoms with E-state index in [4.69, 9.17) is 4.74 Å². The van der Waals surface area contributed by atoms with Gasteiger partial charge in [-0.15, -0.1) is 10.2 Å². The third kappa shape index (κ3) is 5.42. The molecule has 1 heterocycles. The van der Waals surface area contributed by atoms with Crippen LogP contribution in [0.15, 0.2) is 53.7 Å². The second kappa shape index (κ2) is 9.80. The summed E-state index contributed by atoms with van der Waals surface area (Å²) in [7, 11) is 1.65. The highest BCUT2D eigenvalue weighted by atomic mass is 32.2. The summed E-state index contributed by atoms with van der Waals surface area (Å²) >= 11 is 1.42. The van der Waals surface area contributed by atoms with E-state index < -0.39 is 0 Å². The van der Waals surface area contributed by atoms with Gasteiger partial charge in [0.05, 0.1) is 12.4 Å². The lowest BCUT2D eigenvalue weighted by Crippen LogP contribution is -2.23. The Morgan fingerprint density at radius 2 is 1.87 bits per heavy atom. The van der Waals surface area contributed by atoms with Crippen LogP contribution in [-0.2, 0) is 11.3 Å². The van der Waals surface area contributed by atoms with E-state index in [9.17, 15) is 4.79 Å². The lowest BCUT2D eigenvalue weighted by atomic mass is 10.2. The molecule has 0 fully saturated rings. The molecule has 6 nitrogen and oxygen atoms in total. The van der Waals surface area contributed by atoms with Crippen LogP contribution >= 0.6 is 11.8 Å². The zero-order valence-electron chi connectivity index (χ0n) is 18.0. The summed E-state index contributed by atoms with van der Waals surface area (Å²) in [4.78, 5) is 12.7. The van der Waals surface area contributed by atoms with Crippen molar-refractivity contribution in [2.75, 3.05) is 12.4 Å². The second-order valence-corrected chi connectivity index (χ2v) is 8.97. The van der Waals surface area contributed by atoms with Gasteiger partial charge in [0.15, 0.2) is 11.0 Å². The van der Waals surface area contributed by atoms with E-state index >= 15 is 0 Å². The van der Waals surface area contributed by atoms with Gasteiger partial charge in [-0.1, -0.05) is 37.7 Å². The van der Waals surface area contributed by atoms with E-state index in [1.165, 1.54) is 11.8 Å². The number of benzene rings is 2. The number of methoxy groups -OCH3 is 1. The van der Waals surface area contributed by atoms with Gasteiger partial charge in [0.2, 0.25) is 5.91 Å². The first-order chi connectivity index (χ1) is 14.4. The summed E-state index contributed by atoms with van der Waals surface area (Å²) in [6.45, 7) is 8.96. The number of aromatic nitrogens is 3. The van der Waals surface area contributed by atoms with Crippen molar-refractivity contribution in [3.63, 3.8) is 0 Å². The molecule has 158 valence electrons. The first kappa shape index (κ1) is 21.9. The number of hydrogen-bond acceptors (Lipinski definition) is 5. The van der Waals surface area contributed by atoms with Gasteiger partial charge < -0.3 is 14.6 Å². The van der Waals surface area contributed by atoms with Gasteiger partial charge in [0.1, 0.15) is 5.75 Å². The summed E-state index contributed by atoms with van der Waals surface area (Å²) in [6, 6.07) is 15.6. The van der Waals surface area contributed by atoms with Crippen LogP contribution in [0.5, 0.6) is 5.75 Å². The number of carbonyl (C=O) groups excluding carboxylic acids is 1. The molecule has 3 aromatic rings. The van der Waals surface area contributed by atoms with Crippen molar-refractivity contribution in [1.82, 2.24) is 14.8 Å². The maximum absolute atomic E-state index is 12.7. The minimum atomic E-state index is -0.315. The fourth-order valence-electron chi connectivity index (χ4n) is 3.04. The molecule has 0 bridgehead atoms. The number of rotatable bonds is 8. The molecule has 0 radical (unpaired) electrons. The Morgan fingerprint density at radius 1 is 1.13 bits per heavy atom. The Morgan fingerprint density at radius 3 is 2.50 bits per heavy atom. The zero-order valence-corrected chi connectivity index (χ0v) is 18.9. The average molecular weight is 425 g/mol. The Hall–Kier alpha value is -2.80. The molecule has 0 spiro atoms. The van der Waals surface area contributed by atoms with Crippen molar-refractivity contribution in [2.45, 2.75) is 44.6 Å². The third-order valence-corrected chi connectivity index (χ3v) is 5.63. The molecule has 3 rings (SSSR count). The molecule has 2 aromatic carbocycles. The van der Waals surface area contributed by atoms with Crippen molar-refractivity contribution in [2.24, 2.45) is 5.92 Å². The van der Waals surface area contributed by atoms with Crippen molar-refractivity contribution in [1.29, 1.82) is 0 Å². The number of aryl methyl sites for hydroxylation is 1. The van der Waals surface area contributed by atoms with Crippen molar-refractivity contribution in [3.05, 3.63) is 54.1 Å². The summed E-state index contributed by atoms with van der Waals surface area (Å²) in [5.41, 5.74) is 2.87. The van der Waals surface area contributed by atoms with Crippen LogP contribution in [-0.4, -0.2) is 33.0 Å². The monoisotopic (exact) mass is 424 g/mol. The molecule has 0 unspecified atom stereocenters. The molecule has 1 N–H and O–H groups in total. The zero-order chi connectivity index (χ0) is 21.7.